The molecule has 0 nitrogen and oxygen atoms in total. The molecule has 102 valence electrons. The second kappa shape index (κ2) is 5.50. The molecule has 0 spiro atoms. The lowest BCUT2D eigenvalue weighted by Crippen LogP contribution is -2.21. The van der Waals surface area contributed by atoms with Crippen LogP contribution in [0.25, 0.3) is 0 Å². The normalized spacial score (nSPS) is 21.6. The molecule has 2 heteroatoms. The lowest BCUT2D eigenvalue weighted by atomic mass is 9.87. The average Bonchev–Trinajstić information content (AvgIpc) is 2.39. The molecule has 18 heavy (non-hydrogen) atoms. The average molecular weight is 283 g/mol. The van der Waals surface area contributed by atoms with Gasteiger partial charge in [0.05, 0.1) is 0 Å². The Hall–Kier alpha value is -0.0800. The van der Waals surface area contributed by atoms with Gasteiger partial charge in [0.25, 0.3) is 0 Å². The van der Waals surface area contributed by atoms with Crippen molar-refractivity contribution in [3.05, 3.63) is 29.8 Å². The highest BCUT2D eigenvalue weighted by Gasteiger charge is 2.27. The molecule has 0 radical (unpaired) electrons. The van der Waals surface area contributed by atoms with Gasteiger partial charge in [-0.05, 0) is 45.3 Å². The van der Waals surface area contributed by atoms with Gasteiger partial charge in [0.1, 0.15) is 0 Å². The van der Waals surface area contributed by atoms with Crippen molar-refractivity contribution >= 4 is 21.8 Å². The number of benzene rings is 1. The number of rotatable bonds is 2. The highest BCUT2D eigenvalue weighted by Crippen LogP contribution is 2.57. The zero-order chi connectivity index (χ0) is 13.2. The van der Waals surface area contributed by atoms with Crippen molar-refractivity contribution in [2.24, 2.45) is 0 Å². The summed E-state index contributed by atoms with van der Waals surface area (Å²) in [6.07, 6.45) is 0. The Bertz CT molecular complexity index is 381. The van der Waals surface area contributed by atoms with Crippen LogP contribution in [0.5, 0.6) is 0 Å². The molecular formula is C16H26S2. The van der Waals surface area contributed by atoms with Crippen LogP contribution in [0.1, 0.15) is 33.3 Å². The topological polar surface area (TPSA) is 0 Å². The minimum atomic E-state index is -0.497. The molecule has 0 N–H and O–H groups in total. The van der Waals surface area contributed by atoms with Crippen molar-refractivity contribution in [1.82, 2.24) is 0 Å². The van der Waals surface area contributed by atoms with Crippen LogP contribution in [-0.4, -0.2) is 28.8 Å². The van der Waals surface area contributed by atoms with Crippen LogP contribution in [0, 0.1) is 0 Å². The Morgan fingerprint density at radius 3 is 2.06 bits per heavy atom. The summed E-state index contributed by atoms with van der Waals surface area (Å²) in [5, 5.41) is 0. The minimum absolute atomic E-state index is 0.273. The van der Waals surface area contributed by atoms with Crippen molar-refractivity contribution in [2.75, 3.05) is 28.8 Å². The van der Waals surface area contributed by atoms with E-state index in [1.807, 2.05) is 0 Å². The van der Waals surface area contributed by atoms with E-state index in [1.165, 1.54) is 34.3 Å². The van der Waals surface area contributed by atoms with Crippen LogP contribution in [-0.2, 0) is 5.41 Å². The van der Waals surface area contributed by atoms with Gasteiger partial charge in [0.15, 0.2) is 0 Å². The van der Waals surface area contributed by atoms with E-state index in [2.05, 4.69) is 63.7 Å². The molecule has 1 heterocycles. The van der Waals surface area contributed by atoms with E-state index >= 15 is 0 Å². The van der Waals surface area contributed by atoms with Gasteiger partial charge in [-0.1, -0.05) is 39.8 Å². The highest BCUT2D eigenvalue weighted by molar-refractivity contribution is 8.34. The van der Waals surface area contributed by atoms with Crippen LogP contribution in [0.2, 0.25) is 0 Å². The molecule has 0 aliphatic carbocycles. The van der Waals surface area contributed by atoms with Crippen LogP contribution in [0.3, 0.4) is 0 Å². The molecule has 0 atom stereocenters. The SMILES string of the molecule is CCS1(c2ccc(C(C)(C)C)cc2)CCSCC1. The van der Waals surface area contributed by atoms with Crippen LogP contribution in [0.15, 0.2) is 29.2 Å². The van der Waals surface area contributed by atoms with E-state index in [0.29, 0.717) is 0 Å². The predicted molar refractivity (Wildman–Crippen MR) is 88.6 cm³/mol. The summed E-state index contributed by atoms with van der Waals surface area (Å²) < 4.78 is 0. The zero-order valence-corrected chi connectivity index (χ0v) is 13.8. The van der Waals surface area contributed by atoms with E-state index in [9.17, 15) is 0 Å². The molecular weight excluding hydrogens is 256 g/mol. The minimum Gasteiger partial charge on any atom is -0.213 e. The van der Waals surface area contributed by atoms with Gasteiger partial charge in [0, 0.05) is 11.5 Å². The molecule has 0 unspecified atom stereocenters. The Morgan fingerprint density at radius 1 is 1.06 bits per heavy atom. The summed E-state index contributed by atoms with van der Waals surface area (Å²) in [5.74, 6) is 6.96. The van der Waals surface area contributed by atoms with E-state index < -0.39 is 10.0 Å². The van der Waals surface area contributed by atoms with Gasteiger partial charge in [0.2, 0.25) is 0 Å². The fraction of sp³-hybridized carbons (Fsp3) is 0.625. The van der Waals surface area contributed by atoms with Crippen molar-refractivity contribution in [2.45, 2.75) is 38.0 Å². The zero-order valence-electron chi connectivity index (χ0n) is 12.2. The Balaban J connectivity index is 2.27. The van der Waals surface area contributed by atoms with Crippen molar-refractivity contribution < 1.29 is 0 Å². The predicted octanol–water partition coefficient (Wildman–Crippen LogP) is 4.91. The second-order valence-corrected chi connectivity index (χ2v) is 11.3. The van der Waals surface area contributed by atoms with Gasteiger partial charge in [-0.15, -0.1) is 0 Å². The Morgan fingerprint density at radius 2 is 1.61 bits per heavy atom. The molecule has 1 aromatic carbocycles. The first-order valence-corrected chi connectivity index (χ1v) is 10.2. The molecule has 0 saturated carbocycles. The maximum absolute atomic E-state index is 2.43. The third kappa shape index (κ3) is 2.91. The van der Waals surface area contributed by atoms with E-state index in [-0.39, 0.29) is 5.41 Å². The molecule has 0 amide bonds. The smallest absolute Gasteiger partial charge is 0.00124 e. The molecule has 1 saturated heterocycles. The largest absolute Gasteiger partial charge is 0.213 e. The van der Waals surface area contributed by atoms with Gasteiger partial charge in [-0.2, -0.15) is 11.8 Å². The Kier molecular flexibility index (Phi) is 4.38. The number of hydrogen-bond donors (Lipinski definition) is 0. The monoisotopic (exact) mass is 282 g/mol. The maximum Gasteiger partial charge on any atom is 0.00124 e. The van der Waals surface area contributed by atoms with Crippen molar-refractivity contribution in [1.29, 1.82) is 0 Å². The molecule has 0 bridgehead atoms. The first-order valence-electron chi connectivity index (χ1n) is 6.93. The quantitative estimate of drug-likeness (QED) is 0.742. The molecule has 2 rings (SSSR count). The summed E-state index contributed by atoms with van der Waals surface area (Å²) in [6.45, 7) is 9.27. The lowest BCUT2D eigenvalue weighted by molar-refractivity contribution is 0.589. The summed E-state index contributed by atoms with van der Waals surface area (Å²) in [6, 6.07) is 9.58. The number of hydrogen-bond acceptors (Lipinski definition) is 1. The standard InChI is InChI=1S/C16H26S2/c1-5-18(12-10-17-11-13-18)15-8-6-14(7-9-15)16(2,3)4/h6-9H,5,10-13H2,1-4H3. The van der Waals surface area contributed by atoms with E-state index in [4.69, 9.17) is 0 Å². The van der Waals surface area contributed by atoms with Crippen molar-refractivity contribution in [3.8, 4) is 0 Å². The third-order valence-corrected chi connectivity index (χ3v) is 9.86. The van der Waals surface area contributed by atoms with E-state index in [0.717, 1.165) is 0 Å². The van der Waals surface area contributed by atoms with Crippen LogP contribution >= 0.6 is 21.8 Å². The second-order valence-electron chi connectivity index (χ2n) is 6.13. The van der Waals surface area contributed by atoms with E-state index in [1.54, 1.807) is 4.90 Å². The molecule has 0 aromatic heterocycles. The molecule has 1 fully saturated rings. The third-order valence-electron chi connectivity index (χ3n) is 4.01. The molecule has 1 aliphatic heterocycles. The summed E-state index contributed by atoms with van der Waals surface area (Å²) in [4.78, 5) is 1.65. The Labute approximate surface area is 118 Å². The van der Waals surface area contributed by atoms with Gasteiger partial charge in [-0.3, -0.25) is 0 Å². The fourth-order valence-electron chi connectivity index (χ4n) is 2.58. The summed E-state index contributed by atoms with van der Waals surface area (Å²) >= 11 is 2.14. The fourth-order valence-corrected chi connectivity index (χ4v) is 8.57. The summed E-state index contributed by atoms with van der Waals surface area (Å²) in [7, 11) is -0.497. The van der Waals surface area contributed by atoms with Gasteiger partial charge in [-0.25, -0.2) is 10.0 Å². The van der Waals surface area contributed by atoms with Crippen LogP contribution < -0.4 is 0 Å². The number of thioether (sulfide) groups is 1. The molecule has 1 aromatic rings. The van der Waals surface area contributed by atoms with Gasteiger partial charge < -0.3 is 0 Å². The first-order chi connectivity index (χ1) is 8.48. The first kappa shape index (κ1) is 14.3. The van der Waals surface area contributed by atoms with Crippen LogP contribution in [0.4, 0.5) is 0 Å². The maximum atomic E-state index is 2.43. The van der Waals surface area contributed by atoms with Gasteiger partial charge >= 0.3 is 0 Å². The lowest BCUT2D eigenvalue weighted by Gasteiger charge is -2.43. The molecule has 1 aliphatic rings. The highest BCUT2D eigenvalue weighted by atomic mass is 32.3. The summed E-state index contributed by atoms with van der Waals surface area (Å²) in [5.41, 5.74) is 1.73. The van der Waals surface area contributed by atoms with Crippen molar-refractivity contribution in [3.63, 3.8) is 0 Å².